The van der Waals surface area contributed by atoms with Crippen LogP contribution in [-0.4, -0.2) is 5.91 Å². The largest absolute Gasteiger partial charge is 0.326 e. The number of hydrogen-bond acceptors (Lipinski definition) is 1. The number of rotatable bonds is 4. The van der Waals surface area contributed by atoms with E-state index in [-0.39, 0.29) is 5.91 Å². The lowest BCUT2D eigenvalue weighted by atomic mass is 10.0. The molecule has 3 rings (SSSR count). The minimum absolute atomic E-state index is 0.0126. The molecule has 0 unspecified atom stereocenters. The number of anilines is 1. The molecular weight excluding hydrogens is 282 g/mol. The Bertz CT molecular complexity index is 813. The van der Waals surface area contributed by atoms with E-state index in [1.807, 2.05) is 36.4 Å². The molecule has 1 N–H and O–H groups in total. The Morgan fingerprint density at radius 1 is 0.913 bits per heavy atom. The van der Waals surface area contributed by atoms with Gasteiger partial charge in [0.25, 0.3) is 0 Å². The molecular formula is C21H21NO. The Kier molecular flexibility index (Phi) is 4.42. The monoisotopic (exact) mass is 303 g/mol. The van der Waals surface area contributed by atoms with E-state index in [9.17, 15) is 4.79 Å². The van der Waals surface area contributed by atoms with Gasteiger partial charge >= 0.3 is 0 Å². The SMILES string of the molecule is CC(C)c1ccc(NC(=O)Cc2cccc3ccccc23)cc1. The van der Waals surface area contributed by atoms with Crippen LogP contribution in [0.1, 0.15) is 30.9 Å². The predicted octanol–water partition coefficient (Wildman–Crippen LogP) is 5.14. The van der Waals surface area contributed by atoms with Crippen molar-refractivity contribution >= 4 is 22.4 Å². The zero-order valence-corrected chi connectivity index (χ0v) is 13.5. The lowest BCUT2D eigenvalue weighted by Gasteiger charge is -2.10. The second-order valence-electron chi connectivity index (χ2n) is 6.14. The van der Waals surface area contributed by atoms with E-state index >= 15 is 0 Å². The first-order chi connectivity index (χ1) is 11.1. The molecule has 2 nitrogen and oxygen atoms in total. The first-order valence-corrected chi connectivity index (χ1v) is 8.00. The molecule has 0 bridgehead atoms. The van der Waals surface area contributed by atoms with Crippen LogP contribution in [0.5, 0.6) is 0 Å². The van der Waals surface area contributed by atoms with Gasteiger partial charge in [0.1, 0.15) is 0 Å². The molecule has 3 aromatic carbocycles. The lowest BCUT2D eigenvalue weighted by Crippen LogP contribution is -2.14. The Hall–Kier alpha value is -2.61. The number of carbonyl (C=O) groups excluding carboxylic acids is 1. The van der Waals surface area contributed by atoms with Crippen LogP contribution in [0.15, 0.2) is 66.7 Å². The number of amides is 1. The Labute approximate surface area is 137 Å². The van der Waals surface area contributed by atoms with Crippen molar-refractivity contribution in [2.24, 2.45) is 0 Å². The van der Waals surface area contributed by atoms with Crippen LogP contribution < -0.4 is 5.32 Å². The van der Waals surface area contributed by atoms with E-state index in [1.54, 1.807) is 0 Å². The van der Waals surface area contributed by atoms with Gasteiger partial charge in [-0.3, -0.25) is 4.79 Å². The minimum atomic E-state index is 0.0126. The van der Waals surface area contributed by atoms with Crippen molar-refractivity contribution in [3.05, 3.63) is 77.9 Å². The van der Waals surface area contributed by atoms with Crippen molar-refractivity contribution in [2.75, 3.05) is 5.32 Å². The number of hydrogen-bond donors (Lipinski definition) is 1. The molecule has 0 aliphatic heterocycles. The zero-order chi connectivity index (χ0) is 16.2. The summed E-state index contributed by atoms with van der Waals surface area (Å²) in [6, 6.07) is 22.3. The van der Waals surface area contributed by atoms with E-state index in [1.165, 1.54) is 10.9 Å². The highest BCUT2D eigenvalue weighted by atomic mass is 16.1. The van der Waals surface area contributed by atoms with Gasteiger partial charge in [0, 0.05) is 5.69 Å². The second-order valence-corrected chi connectivity index (χ2v) is 6.14. The van der Waals surface area contributed by atoms with Gasteiger partial charge in [0.05, 0.1) is 6.42 Å². The van der Waals surface area contributed by atoms with Crippen LogP contribution in [0.4, 0.5) is 5.69 Å². The van der Waals surface area contributed by atoms with Gasteiger partial charge in [-0.25, -0.2) is 0 Å². The van der Waals surface area contributed by atoms with Gasteiger partial charge < -0.3 is 5.32 Å². The van der Waals surface area contributed by atoms with Gasteiger partial charge in [0.15, 0.2) is 0 Å². The van der Waals surface area contributed by atoms with Crippen molar-refractivity contribution in [3.63, 3.8) is 0 Å². The number of nitrogens with one attached hydrogen (secondary N) is 1. The van der Waals surface area contributed by atoms with Crippen LogP contribution >= 0.6 is 0 Å². The van der Waals surface area contributed by atoms with Gasteiger partial charge in [-0.15, -0.1) is 0 Å². The van der Waals surface area contributed by atoms with Gasteiger partial charge in [-0.1, -0.05) is 68.4 Å². The standard InChI is InChI=1S/C21H21NO/c1-15(2)16-10-12-19(13-11-16)22-21(23)14-18-8-5-7-17-6-3-4-9-20(17)18/h3-13,15H,14H2,1-2H3,(H,22,23). The Balaban J connectivity index is 1.73. The summed E-state index contributed by atoms with van der Waals surface area (Å²) in [5.74, 6) is 0.508. The average Bonchev–Trinajstić information content (AvgIpc) is 2.55. The lowest BCUT2D eigenvalue weighted by molar-refractivity contribution is -0.115. The molecule has 0 saturated carbocycles. The first-order valence-electron chi connectivity index (χ1n) is 8.00. The summed E-state index contributed by atoms with van der Waals surface area (Å²) in [6.45, 7) is 4.32. The van der Waals surface area contributed by atoms with Gasteiger partial charge in [-0.05, 0) is 39.9 Å². The van der Waals surface area contributed by atoms with Crippen LogP contribution in [0.2, 0.25) is 0 Å². The molecule has 0 spiro atoms. The van der Waals surface area contributed by atoms with Gasteiger partial charge in [-0.2, -0.15) is 0 Å². The van der Waals surface area contributed by atoms with Gasteiger partial charge in [0.2, 0.25) is 5.91 Å². The van der Waals surface area contributed by atoms with E-state index < -0.39 is 0 Å². The summed E-state index contributed by atoms with van der Waals surface area (Å²) in [4.78, 5) is 12.3. The second kappa shape index (κ2) is 6.66. The molecule has 0 aliphatic rings. The molecule has 0 fully saturated rings. The normalized spacial score (nSPS) is 10.9. The smallest absolute Gasteiger partial charge is 0.228 e. The molecule has 0 atom stereocenters. The highest BCUT2D eigenvalue weighted by molar-refractivity contribution is 5.96. The molecule has 0 aromatic heterocycles. The molecule has 0 saturated heterocycles. The molecule has 2 heteroatoms. The predicted molar refractivity (Wildman–Crippen MR) is 96.8 cm³/mol. The topological polar surface area (TPSA) is 29.1 Å². The fourth-order valence-corrected chi connectivity index (χ4v) is 2.78. The van der Waals surface area contributed by atoms with Crippen molar-refractivity contribution in [2.45, 2.75) is 26.2 Å². The summed E-state index contributed by atoms with van der Waals surface area (Å²) in [5.41, 5.74) is 3.18. The maximum atomic E-state index is 12.3. The van der Waals surface area contributed by atoms with Crippen LogP contribution in [0, 0.1) is 0 Å². The summed E-state index contributed by atoms with van der Waals surface area (Å²) >= 11 is 0. The molecule has 0 radical (unpaired) electrons. The number of benzene rings is 3. The minimum Gasteiger partial charge on any atom is -0.326 e. The van der Waals surface area contributed by atoms with E-state index in [4.69, 9.17) is 0 Å². The Morgan fingerprint density at radius 3 is 2.35 bits per heavy atom. The summed E-state index contributed by atoms with van der Waals surface area (Å²) < 4.78 is 0. The highest BCUT2D eigenvalue weighted by Crippen LogP contribution is 2.20. The fraction of sp³-hybridized carbons (Fsp3) is 0.190. The number of carbonyl (C=O) groups is 1. The Morgan fingerprint density at radius 2 is 1.61 bits per heavy atom. The van der Waals surface area contributed by atoms with Crippen LogP contribution in [-0.2, 0) is 11.2 Å². The summed E-state index contributed by atoms with van der Waals surface area (Å²) in [5, 5.41) is 5.29. The highest BCUT2D eigenvalue weighted by Gasteiger charge is 2.07. The molecule has 0 heterocycles. The van der Waals surface area contributed by atoms with Crippen LogP contribution in [0.25, 0.3) is 10.8 Å². The maximum absolute atomic E-state index is 12.3. The maximum Gasteiger partial charge on any atom is 0.228 e. The molecule has 3 aromatic rings. The molecule has 116 valence electrons. The molecule has 1 amide bonds. The summed E-state index contributed by atoms with van der Waals surface area (Å²) in [6.07, 6.45) is 0.382. The quantitative estimate of drug-likeness (QED) is 0.710. The first kappa shape index (κ1) is 15.3. The zero-order valence-electron chi connectivity index (χ0n) is 13.5. The third-order valence-corrected chi connectivity index (χ3v) is 4.09. The van der Waals surface area contributed by atoms with E-state index in [0.29, 0.717) is 12.3 Å². The van der Waals surface area contributed by atoms with Crippen molar-refractivity contribution < 1.29 is 4.79 Å². The fourth-order valence-electron chi connectivity index (χ4n) is 2.78. The third kappa shape index (κ3) is 3.59. The van der Waals surface area contributed by atoms with E-state index in [2.05, 4.69) is 49.5 Å². The number of fused-ring (bicyclic) bond motifs is 1. The van der Waals surface area contributed by atoms with E-state index in [0.717, 1.165) is 16.6 Å². The van der Waals surface area contributed by atoms with Crippen molar-refractivity contribution in [3.8, 4) is 0 Å². The molecule has 0 aliphatic carbocycles. The van der Waals surface area contributed by atoms with Crippen molar-refractivity contribution in [1.82, 2.24) is 0 Å². The van der Waals surface area contributed by atoms with Crippen LogP contribution in [0.3, 0.4) is 0 Å². The average molecular weight is 303 g/mol. The van der Waals surface area contributed by atoms with Crippen molar-refractivity contribution in [1.29, 1.82) is 0 Å². The molecule has 23 heavy (non-hydrogen) atoms. The summed E-state index contributed by atoms with van der Waals surface area (Å²) in [7, 11) is 0. The third-order valence-electron chi connectivity index (χ3n) is 4.09.